The van der Waals surface area contributed by atoms with Crippen molar-refractivity contribution in [2.45, 2.75) is 0 Å². The summed E-state index contributed by atoms with van der Waals surface area (Å²) in [6.07, 6.45) is 0. The van der Waals surface area contributed by atoms with E-state index in [4.69, 9.17) is 0 Å². The molecule has 2 heterocycles. The first-order valence-electron chi connectivity index (χ1n) is 8.98. The Kier molecular flexibility index (Phi) is 3.58. The average molecular weight is 349 g/mol. The van der Waals surface area contributed by atoms with Gasteiger partial charge in [0.15, 0.2) is 0 Å². The van der Waals surface area contributed by atoms with E-state index in [1.54, 1.807) is 0 Å². The van der Waals surface area contributed by atoms with Gasteiger partial charge in [-0.15, -0.1) is 0 Å². The SMILES string of the molecule is C=C(Nc1cc2ccccc2[nH]1)c1cccc(-c2cc3ccccc3[nH]2)c1. The summed E-state index contributed by atoms with van der Waals surface area (Å²) in [7, 11) is 0. The van der Waals surface area contributed by atoms with Gasteiger partial charge in [-0.2, -0.15) is 0 Å². The summed E-state index contributed by atoms with van der Waals surface area (Å²) in [5.41, 5.74) is 6.43. The van der Waals surface area contributed by atoms with Gasteiger partial charge in [0.05, 0.1) is 0 Å². The number of anilines is 1. The maximum atomic E-state index is 4.23. The normalized spacial score (nSPS) is 11.1. The number of hydrogen-bond donors (Lipinski definition) is 3. The highest BCUT2D eigenvalue weighted by molar-refractivity contribution is 5.88. The lowest BCUT2D eigenvalue weighted by molar-refractivity contribution is 1.41. The zero-order valence-corrected chi connectivity index (χ0v) is 14.8. The van der Waals surface area contributed by atoms with Crippen LogP contribution in [0.25, 0.3) is 38.8 Å². The van der Waals surface area contributed by atoms with Gasteiger partial charge in [-0.3, -0.25) is 0 Å². The molecule has 0 saturated carbocycles. The van der Waals surface area contributed by atoms with Crippen LogP contribution < -0.4 is 5.32 Å². The minimum atomic E-state index is 0.861. The first-order chi connectivity index (χ1) is 13.3. The second kappa shape index (κ2) is 6.22. The fourth-order valence-corrected chi connectivity index (χ4v) is 3.48. The number of hydrogen-bond acceptors (Lipinski definition) is 1. The highest BCUT2D eigenvalue weighted by atomic mass is 15.0. The van der Waals surface area contributed by atoms with E-state index in [2.05, 4.69) is 88.6 Å². The van der Waals surface area contributed by atoms with Crippen LogP contribution in [-0.4, -0.2) is 9.97 Å². The highest BCUT2D eigenvalue weighted by Gasteiger charge is 2.07. The van der Waals surface area contributed by atoms with Crippen LogP contribution in [0.15, 0.2) is 91.5 Å². The van der Waals surface area contributed by atoms with Gasteiger partial charge in [0.1, 0.15) is 5.82 Å². The van der Waals surface area contributed by atoms with Crippen molar-refractivity contribution in [3.63, 3.8) is 0 Å². The molecule has 3 N–H and O–H groups in total. The molecule has 0 unspecified atom stereocenters. The number of benzene rings is 3. The Morgan fingerprint density at radius 3 is 2.15 bits per heavy atom. The van der Waals surface area contributed by atoms with Crippen molar-refractivity contribution in [2.24, 2.45) is 0 Å². The van der Waals surface area contributed by atoms with Crippen molar-refractivity contribution >= 4 is 33.3 Å². The lowest BCUT2D eigenvalue weighted by Gasteiger charge is -2.09. The molecular weight excluding hydrogens is 330 g/mol. The zero-order chi connectivity index (χ0) is 18.2. The Morgan fingerprint density at radius 2 is 1.41 bits per heavy atom. The molecule has 3 heteroatoms. The molecule has 5 aromatic rings. The molecule has 130 valence electrons. The number of H-pyrrole nitrogens is 2. The first kappa shape index (κ1) is 15.5. The van der Waals surface area contributed by atoms with Gasteiger partial charge in [0.2, 0.25) is 0 Å². The molecule has 3 nitrogen and oxygen atoms in total. The lowest BCUT2D eigenvalue weighted by Crippen LogP contribution is -1.97. The van der Waals surface area contributed by atoms with E-state index in [1.165, 1.54) is 10.8 Å². The van der Waals surface area contributed by atoms with E-state index >= 15 is 0 Å². The summed E-state index contributed by atoms with van der Waals surface area (Å²) in [6.45, 7) is 4.23. The predicted molar refractivity (Wildman–Crippen MR) is 115 cm³/mol. The minimum absolute atomic E-state index is 0.861. The maximum Gasteiger partial charge on any atom is 0.108 e. The molecule has 3 aromatic carbocycles. The van der Waals surface area contributed by atoms with Crippen molar-refractivity contribution in [1.82, 2.24) is 9.97 Å². The fraction of sp³-hybridized carbons (Fsp3) is 0. The van der Waals surface area contributed by atoms with E-state index in [0.717, 1.165) is 39.4 Å². The third kappa shape index (κ3) is 2.89. The van der Waals surface area contributed by atoms with Crippen LogP contribution in [0.1, 0.15) is 5.56 Å². The zero-order valence-electron chi connectivity index (χ0n) is 14.8. The van der Waals surface area contributed by atoms with Gasteiger partial charge < -0.3 is 15.3 Å². The number of para-hydroxylation sites is 2. The summed E-state index contributed by atoms with van der Waals surface area (Å²) < 4.78 is 0. The molecule has 2 aromatic heterocycles. The molecule has 27 heavy (non-hydrogen) atoms. The van der Waals surface area contributed by atoms with Crippen molar-refractivity contribution in [3.05, 3.63) is 97.1 Å². The number of rotatable bonds is 4. The van der Waals surface area contributed by atoms with Crippen LogP contribution in [0.5, 0.6) is 0 Å². The van der Waals surface area contributed by atoms with E-state index in [0.29, 0.717) is 0 Å². The number of nitrogens with one attached hydrogen (secondary N) is 3. The number of fused-ring (bicyclic) bond motifs is 2. The predicted octanol–water partition coefficient (Wildman–Crippen LogP) is 6.40. The van der Waals surface area contributed by atoms with Gasteiger partial charge in [-0.1, -0.05) is 61.2 Å². The summed E-state index contributed by atoms with van der Waals surface area (Å²) in [6, 6.07) is 29.2. The van der Waals surface area contributed by atoms with E-state index < -0.39 is 0 Å². The number of aromatic nitrogens is 2. The molecule has 0 aliphatic carbocycles. The second-order valence-corrected chi connectivity index (χ2v) is 6.72. The summed E-state index contributed by atoms with van der Waals surface area (Å²) in [5.74, 6) is 0.942. The van der Waals surface area contributed by atoms with Crippen molar-refractivity contribution in [3.8, 4) is 11.3 Å². The number of aromatic amines is 2. The molecule has 0 radical (unpaired) electrons. The highest BCUT2D eigenvalue weighted by Crippen LogP contribution is 2.27. The van der Waals surface area contributed by atoms with E-state index in [-0.39, 0.29) is 0 Å². The monoisotopic (exact) mass is 349 g/mol. The summed E-state index contributed by atoms with van der Waals surface area (Å²) in [5, 5.41) is 5.79. The maximum absolute atomic E-state index is 4.23. The molecule has 0 aliphatic heterocycles. The van der Waals surface area contributed by atoms with Crippen LogP contribution in [0.3, 0.4) is 0 Å². The first-order valence-corrected chi connectivity index (χ1v) is 8.98. The van der Waals surface area contributed by atoms with Crippen LogP contribution in [-0.2, 0) is 0 Å². The molecule has 0 atom stereocenters. The second-order valence-electron chi connectivity index (χ2n) is 6.72. The molecule has 0 fully saturated rings. The van der Waals surface area contributed by atoms with Crippen LogP contribution in [0.2, 0.25) is 0 Å². The summed E-state index contributed by atoms with van der Waals surface area (Å²) >= 11 is 0. The Bertz CT molecular complexity index is 1210. The van der Waals surface area contributed by atoms with Crippen LogP contribution in [0, 0.1) is 0 Å². The van der Waals surface area contributed by atoms with Crippen molar-refractivity contribution in [1.29, 1.82) is 0 Å². The topological polar surface area (TPSA) is 43.6 Å². The van der Waals surface area contributed by atoms with Gasteiger partial charge in [-0.25, -0.2) is 0 Å². The minimum Gasteiger partial charge on any atom is -0.355 e. The lowest BCUT2D eigenvalue weighted by atomic mass is 10.1. The quantitative estimate of drug-likeness (QED) is 0.345. The Morgan fingerprint density at radius 1 is 0.704 bits per heavy atom. The smallest absolute Gasteiger partial charge is 0.108 e. The van der Waals surface area contributed by atoms with Crippen LogP contribution in [0.4, 0.5) is 5.82 Å². The third-order valence-electron chi connectivity index (χ3n) is 4.87. The molecule has 0 saturated heterocycles. The molecule has 0 amide bonds. The molecule has 5 rings (SSSR count). The third-order valence-corrected chi connectivity index (χ3v) is 4.87. The van der Waals surface area contributed by atoms with Crippen molar-refractivity contribution in [2.75, 3.05) is 5.32 Å². The van der Waals surface area contributed by atoms with E-state index in [9.17, 15) is 0 Å². The van der Waals surface area contributed by atoms with Gasteiger partial charge in [0, 0.05) is 33.2 Å². The Balaban J connectivity index is 1.44. The van der Waals surface area contributed by atoms with Gasteiger partial charge >= 0.3 is 0 Å². The van der Waals surface area contributed by atoms with E-state index in [1.807, 2.05) is 18.2 Å². The largest absolute Gasteiger partial charge is 0.355 e. The standard InChI is InChI=1S/C24H19N3/c1-16(25-24-15-20-8-3-5-12-22(20)27-24)17-9-6-10-18(13-17)23-14-19-7-2-4-11-21(19)26-23/h2-15,25-27H,1H2. The molecule has 0 bridgehead atoms. The van der Waals surface area contributed by atoms with Crippen molar-refractivity contribution < 1.29 is 0 Å². The van der Waals surface area contributed by atoms with Gasteiger partial charge in [0.25, 0.3) is 0 Å². The molecule has 0 aliphatic rings. The van der Waals surface area contributed by atoms with Crippen LogP contribution >= 0.6 is 0 Å². The average Bonchev–Trinajstić information content (AvgIpc) is 3.31. The molecule has 0 spiro atoms. The molecular formula is C24H19N3. The summed E-state index contributed by atoms with van der Waals surface area (Å²) in [4.78, 5) is 6.87. The Labute approximate surface area is 157 Å². The Hall–Kier alpha value is -3.72. The fourth-order valence-electron chi connectivity index (χ4n) is 3.48. The van der Waals surface area contributed by atoms with Gasteiger partial charge in [-0.05, 0) is 41.5 Å².